The molecule has 0 aliphatic heterocycles. The number of hydrogen-bond acceptors (Lipinski definition) is 3. The van der Waals surface area contributed by atoms with Gasteiger partial charge < -0.3 is 16.6 Å². The number of hydrogen-bond donors (Lipinski definition) is 3. The molecule has 2 atom stereocenters. The van der Waals surface area contributed by atoms with E-state index in [0.717, 1.165) is 0 Å². The van der Waals surface area contributed by atoms with Crippen molar-refractivity contribution in [3.63, 3.8) is 0 Å². The second-order valence-corrected chi connectivity index (χ2v) is 2.48. The van der Waals surface area contributed by atoms with Crippen molar-refractivity contribution in [3.8, 4) is 0 Å². The highest BCUT2D eigenvalue weighted by Crippen LogP contribution is 2.02. The number of rotatable bonds is 4. The highest BCUT2D eigenvalue weighted by atomic mass is 16.4. The molecule has 0 heterocycles. The number of carboxylic acid groups (broad SMARTS) is 1. The van der Waals surface area contributed by atoms with Crippen molar-refractivity contribution in [3.05, 3.63) is 0 Å². The van der Waals surface area contributed by atoms with Gasteiger partial charge in [-0.25, -0.2) is 0 Å². The fourth-order valence-corrected chi connectivity index (χ4v) is 0.598. The van der Waals surface area contributed by atoms with Gasteiger partial charge in [0.05, 0.1) is 0 Å². The number of carbonyl (C=O) groups is 2. The van der Waals surface area contributed by atoms with Crippen LogP contribution in [0.15, 0.2) is 0 Å². The molecular formula is C6H12N2O3. The fourth-order valence-electron chi connectivity index (χ4n) is 0.598. The van der Waals surface area contributed by atoms with E-state index in [1.165, 1.54) is 0 Å². The first kappa shape index (κ1) is 9.90. The molecule has 0 spiro atoms. The average molecular weight is 160 g/mol. The van der Waals surface area contributed by atoms with Crippen LogP contribution in [-0.4, -0.2) is 23.0 Å². The van der Waals surface area contributed by atoms with Gasteiger partial charge >= 0.3 is 5.97 Å². The van der Waals surface area contributed by atoms with Crippen molar-refractivity contribution < 1.29 is 14.7 Å². The monoisotopic (exact) mass is 160 g/mol. The van der Waals surface area contributed by atoms with Gasteiger partial charge in [0.25, 0.3) is 0 Å². The van der Waals surface area contributed by atoms with E-state index in [-0.39, 0.29) is 6.42 Å². The molecule has 5 N–H and O–H groups in total. The Labute approximate surface area is 64.4 Å². The van der Waals surface area contributed by atoms with Crippen LogP contribution >= 0.6 is 0 Å². The third-order valence-electron chi connectivity index (χ3n) is 1.41. The van der Waals surface area contributed by atoms with Gasteiger partial charge in [-0.2, -0.15) is 0 Å². The van der Waals surface area contributed by atoms with Crippen molar-refractivity contribution >= 4 is 11.9 Å². The van der Waals surface area contributed by atoms with E-state index >= 15 is 0 Å². The molecule has 0 rings (SSSR count). The minimum Gasteiger partial charge on any atom is -0.480 e. The topological polar surface area (TPSA) is 106 Å². The number of primary amides is 1. The molecule has 0 aliphatic carbocycles. The standard InChI is InChI=1S/C6H12N2O3/c1-3(5(8)9)2-4(7)6(10)11/h3-4H,2,7H2,1H3,(H2,8,9)(H,10,11). The number of aliphatic carboxylic acids is 1. The lowest BCUT2D eigenvalue weighted by Crippen LogP contribution is -2.35. The molecule has 0 aliphatic rings. The fraction of sp³-hybridized carbons (Fsp3) is 0.667. The SMILES string of the molecule is CC(CC(N)C(=O)O)C(N)=O. The number of nitrogens with two attached hydrogens (primary N) is 2. The number of carbonyl (C=O) groups excluding carboxylic acids is 1. The molecule has 0 fully saturated rings. The molecule has 1 amide bonds. The summed E-state index contributed by atoms with van der Waals surface area (Å²) in [6.45, 7) is 1.55. The summed E-state index contributed by atoms with van der Waals surface area (Å²) in [5.74, 6) is -2.12. The van der Waals surface area contributed by atoms with Gasteiger partial charge in [-0.05, 0) is 6.42 Å². The quantitative estimate of drug-likeness (QED) is 0.485. The average Bonchev–Trinajstić information content (AvgIpc) is 1.87. The molecule has 0 saturated carbocycles. The zero-order valence-electron chi connectivity index (χ0n) is 6.28. The Morgan fingerprint density at radius 2 is 2.00 bits per heavy atom. The summed E-state index contributed by atoms with van der Waals surface area (Å²) in [7, 11) is 0. The van der Waals surface area contributed by atoms with Gasteiger partial charge in [-0.15, -0.1) is 0 Å². The second-order valence-electron chi connectivity index (χ2n) is 2.48. The summed E-state index contributed by atoms with van der Waals surface area (Å²) in [5, 5.41) is 8.34. The molecule has 0 aromatic carbocycles. The normalized spacial score (nSPS) is 15.5. The summed E-state index contributed by atoms with van der Waals surface area (Å²) in [5.41, 5.74) is 10.0. The van der Waals surface area contributed by atoms with Gasteiger partial charge in [-0.1, -0.05) is 6.92 Å². The van der Waals surface area contributed by atoms with Crippen LogP contribution in [0, 0.1) is 5.92 Å². The van der Waals surface area contributed by atoms with Crippen molar-refractivity contribution in [2.75, 3.05) is 0 Å². The van der Waals surface area contributed by atoms with Crippen LogP contribution in [-0.2, 0) is 9.59 Å². The molecule has 2 unspecified atom stereocenters. The predicted molar refractivity (Wildman–Crippen MR) is 38.6 cm³/mol. The molecular weight excluding hydrogens is 148 g/mol. The molecule has 0 aromatic rings. The van der Waals surface area contributed by atoms with Gasteiger partial charge in [-0.3, -0.25) is 9.59 Å². The molecule has 5 heteroatoms. The Kier molecular flexibility index (Phi) is 3.53. The Hall–Kier alpha value is -1.10. The Balaban J connectivity index is 3.84. The van der Waals surface area contributed by atoms with E-state index < -0.39 is 23.8 Å². The third kappa shape index (κ3) is 3.57. The van der Waals surface area contributed by atoms with Crippen molar-refractivity contribution in [2.45, 2.75) is 19.4 Å². The maximum atomic E-state index is 10.4. The van der Waals surface area contributed by atoms with Crippen molar-refractivity contribution in [1.82, 2.24) is 0 Å². The first-order valence-electron chi connectivity index (χ1n) is 3.23. The highest BCUT2D eigenvalue weighted by Gasteiger charge is 2.18. The molecule has 0 saturated heterocycles. The highest BCUT2D eigenvalue weighted by molar-refractivity contribution is 5.78. The number of carboxylic acids is 1. The predicted octanol–water partition coefficient (Wildman–Crippen LogP) is -1.09. The van der Waals surface area contributed by atoms with E-state index in [1.54, 1.807) is 6.92 Å². The molecule has 0 bridgehead atoms. The van der Waals surface area contributed by atoms with Crippen LogP contribution in [0.2, 0.25) is 0 Å². The van der Waals surface area contributed by atoms with E-state index in [4.69, 9.17) is 16.6 Å². The first-order valence-corrected chi connectivity index (χ1v) is 3.23. The molecule has 0 aromatic heterocycles. The lowest BCUT2D eigenvalue weighted by atomic mass is 10.0. The minimum atomic E-state index is -1.11. The van der Waals surface area contributed by atoms with E-state index in [9.17, 15) is 9.59 Å². The van der Waals surface area contributed by atoms with Gasteiger partial charge in [0, 0.05) is 5.92 Å². The lowest BCUT2D eigenvalue weighted by molar-refractivity contribution is -0.139. The van der Waals surface area contributed by atoms with Gasteiger partial charge in [0.1, 0.15) is 6.04 Å². The zero-order valence-corrected chi connectivity index (χ0v) is 6.28. The third-order valence-corrected chi connectivity index (χ3v) is 1.41. The smallest absolute Gasteiger partial charge is 0.320 e. The van der Waals surface area contributed by atoms with E-state index in [0.29, 0.717) is 0 Å². The Morgan fingerprint density at radius 1 is 1.55 bits per heavy atom. The zero-order chi connectivity index (χ0) is 9.02. The van der Waals surface area contributed by atoms with Crippen LogP contribution < -0.4 is 11.5 Å². The molecule has 11 heavy (non-hydrogen) atoms. The summed E-state index contributed by atoms with van der Waals surface area (Å²) >= 11 is 0. The van der Waals surface area contributed by atoms with Crippen LogP contribution in [0.1, 0.15) is 13.3 Å². The van der Waals surface area contributed by atoms with Gasteiger partial charge in [0.15, 0.2) is 0 Å². The second kappa shape index (κ2) is 3.92. The van der Waals surface area contributed by atoms with Gasteiger partial charge in [0.2, 0.25) is 5.91 Å². The van der Waals surface area contributed by atoms with E-state index in [1.807, 2.05) is 0 Å². The summed E-state index contributed by atoms with van der Waals surface area (Å²) in [6.07, 6.45) is 0.0880. The van der Waals surface area contributed by atoms with Crippen molar-refractivity contribution in [1.29, 1.82) is 0 Å². The molecule has 64 valence electrons. The largest absolute Gasteiger partial charge is 0.480 e. The maximum absolute atomic E-state index is 10.4. The van der Waals surface area contributed by atoms with Crippen LogP contribution in [0.4, 0.5) is 0 Å². The van der Waals surface area contributed by atoms with Crippen molar-refractivity contribution in [2.24, 2.45) is 17.4 Å². The first-order chi connectivity index (χ1) is 4.95. The van der Waals surface area contributed by atoms with Crippen LogP contribution in [0.25, 0.3) is 0 Å². The summed E-state index contributed by atoms with van der Waals surface area (Å²) < 4.78 is 0. The summed E-state index contributed by atoms with van der Waals surface area (Å²) in [4.78, 5) is 20.6. The van der Waals surface area contributed by atoms with Crippen LogP contribution in [0.5, 0.6) is 0 Å². The molecule has 5 nitrogen and oxygen atoms in total. The maximum Gasteiger partial charge on any atom is 0.320 e. The Morgan fingerprint density at radius 3 is 2.27 bits per heavy atom. The summed E-state index contributed by atoms with van der Waals surface area (Å²) in [6, 6.07) is -1.00. The number of amides is 1. The lowest BCUT2D eigenvalue weighted by Gasteiger charge is -2.09. The minimum absolute atomic E-state index is 0.0880. The van der Waals surface area contributed by atoms with E-state index in [2.05, 4.69) is 0 Å². The van der Waals surface area contributed by atoms with Crippen LogP contribution in [0.3, 0.4) is 0 Å². The molecule has 0 radical (unpaired) electrons. The Bertz CT molecular complexity index is 151.